The first kappa shape index (κ1) is 18.5. The van der Waals surface area contributed by atoms with E-state index >= 15 is 0 Å². The minimum atomic E-state index is -0.0701. The van der Waals surface area contributed by atoms with Crippen molar-refractivity contribution in [3.8, 4) is 11.4 Å². The highest BCUT2D eigenvalue weighted by Crippen LogP contribution is 2.23. The SMILES string of the molecule is COc1ccc(-n2ccc(C(=O)N3CCC(C(=O)N4CCCC4)CC3)n2)cc1. The van der Waals surface area contributed by atoms with Crippen LogP contribution >= 0.6 is 0 Å². The normalized spacial score (nSPS) is 17.8. The number of nitrogens with zero attached hydrogens (tertiary/aromatic N) is 4. The van der Waals surface area contributed by atoms with Gasteiger partial charge in [-0.15, -0.1) is 0 Å². The van der Waals surface area contributed by atoms with Crippen LogP contribution in [0.1, 0.15) is 36.2 Å². The molecule has 7 heteroatoms. The van der Waals surface area contributed by atoms with Crippen LogP contribution in [0.15, 0.2) is 36.5 Å². The molecule has 1 aromatic carbocycles. The second-order valence-electron chi connectivity index (χ2n) is 7.44. The number of hydrogen-bond donors (Lipinski definition) is 0. The standard InChI is InChI=1S/C21H26N4O3/c1-28-18-6-4-17(5-7-18)25-15-10-19(22-25)21(27)24-13-8-16(9-14-24)20(26)23-11-2-3-12-23/h4-7,10,15-16H,2-3,8-9,11-14H2,1H3. The van der Waals surface area contributed by atoms with E-state index in [0.717, 1.165) is 50.2 Å². The Hall–Kier alpha value is -2.83. The van der Waals surface area contributed by atoms with Crippen LogP contribution in [0.2, 0.25) is 0 Å². The molecule has 7 nitrogen and oxygen atoms in total. The van der Waals surface area contributed by atoms with E-state index < -0.39 is 0 Å². The van der Waals surface area contributed by atoms with Crippen molar-refractivity contribution in [2.45, 2.75) is 25.7 Å². The molecule has 2 saturated heterocycles. The van der Waals surface area contributed by atoms with Crippen molar-refractivity contribution in [2.75, 3.05) is 33.3 Å². The fourth-order valence-electron chi connectivity index (χ4n) is 4.00. The van der Waals surface area contributed by atoms with Crippen LogP contribution in [-0.4, -0.2) is 64.7 Å². The third-order valence-corrected chi connectivity index (χ3v) is 5.69. The second-order valence-corrected chi connectivity index (χ2v) is 7.44. The van der Waals surface area contributed by atoms with E-state index in [1.54, 1.807) is 24.1 Å². The van der Waals surface area contributed by atoms with Crippen molar-refractivity contribution in [2.24, 2.45) is 5.92 Å². The number of hydrogen-bond acceptors (Lipinski definition) is 4. The summed E-state index contributed by atoms with van der Waals surface area (Å²) in [6.07, 6.45) is 5.49. The highest BCUT2D eigenvalue weighted by atomic mass is 16.5. The largest absolute Gasteiger partial charge is 0.497 e. The van der Waals surface area contributed by atoms with Gasteiger partial charge in [0, 0.05) is 38.3 Å². The Morgan fingerprint density at radius 2 is 1.64 bits per heavy atom. The van der Waals surface area contributed by atoms with Crippen molar-refractivity contribution in [3.63, 3.8) is 0 Å². The van der Waals surface area contributed by atoms with Gasteiger partial charge in [-0.2, -0.15) is 5.10 Å². The first-order chi connectivity index (χ1) is 13.7. The lowest BCUT2D eigenvalue weighted by atomic mass is 9.95. The second kappa shape index (κ2) is 8.04. The molecular formula is C21H26N4O3. The zero-order chi connectivity index (χ0) is 19.5. The number of methoxy groups -OCH3 is 1. The molecular weight excluding hydrogens is 356 g/mol. The van der Waals surface area contributed by atoms with E-state index in [2.05, 4.69) is 5.10 Å². The Balaban J connectivity index is 1.36. The van der Waals surface area contributed by atoms with Crippen molar-refractivity contribution in [1.82, 2.24) is 19.6 Å². The van der Waals surface area contributed by atoms with E-state index in [9.17, 15) is 9.59 Å². The summed E-state index contributed by atoms with van der Waals surface area (Å²) in [5, 5.41) is 4.44. The van der Waals surface area contributed by atoms with Crippen LogP contribution in [0.5, 0.6) is 5.75 Å². The summed E-state index contributed by atoms with van der Waals surface area (Å²) in [6, 6.07) is 9.26. The van der Waals surface area contributed by atoms with E-state index in [-0.39, 0.29) is 17.7 Å². The molecule has 2 amide bonds. The quantitative estimate of drug-likeness (QED) is 0.814. The summed E-state index contributed by atoms with van der Waals surface area (Å²) in [6.45, 7) is 3.00. The van der Waals surface area contributed by atoms with Gasteiger partial charge in [-0.25, -0.2) is 4.68 Å². The average Bonchev–Trinajstić information content (AvgIpc) is 3.45. The van der Waals surface area contributed by atoms with E-state index in [4.69, 9.17) is 4.74 Å². The highest BCUT2D eigenvalue weighted by Gasteiger charge is 2.31. The first-order valence-corrected chi connectivity index (χ1v) is 9.94. The Morgan fingerprint density at radius 3 is 2.29 bits per heavy atom. The molecule has 0 atom stereocenters. The van der Waals surface area contributed by atoms with Crippen LogP contribution in [-0.2, 0) is 4.79 Å². The molecule has 2 fully saturated rings. The van der Waals surface area contributed by atoms with Gasteiger partial charge < -0.3 is 14.5 Å². The number of piperidine rings is 1. The molecule has 0 N–H and O–H groups in total. The fraction of sp³-hybridized carbons (Fsp3) is 0.476. The summed E-state index contributed by atoms with van der Waals surface area (Å²) in [5.41, 5.74) is 1.30. The number of benzene rings is 1. The van der Waals surface area contributed by atoms with Crippen molar-refractivity contribution in [3.05, 3.63) is 42.2 Å². The molecule has 2 aliphatic rings. The molecule has 0 bridgehead atoms. The average molecular weight is 382 g/mol. The molecule has 2 aromatic rings. The highest BCUT2D eigenvalue weighted by molar-refractivity contribution is 5.92. The van der Waals surface area contributed by atoms with Crippen LogP contribution in [0.3, 0.4) is 0 Å². The van der Waals surface area contributed by atoms with Crippen molar-refractivity contribution < 1.29 is 14.3 Å². The predicted octanol–water partition coefficient (Wildman–Crippen LogP) is 2.36. The summed E-state index contributed by atoms with van der Waals surface area (Å²) in [7, 11) is 1.63. The van der Waals surface area contributed by atoms with Crippen molar-refractivity contribution >= 4 is 11.8 Å². The smallest absolute Gasteiger partial charge is 0.274 e. The monoisotopic (exact) mass is 382 g/mol. The van der Waals surface area contributed by atoms with Gasteiger partial charge in [0.25, 0.3) is 5.91 Å². The maximum atomic E-state index is 12.8. The summed E-state index contributed by atoms with van der Waals surface area (Å²) in [5.74, 6) is 1.03. The topological polar surface area (TPSA) is 67.7 Å². The molecule has 148 valence electrons. The molecule has 28 heavy (non-hydrogen) atoms. The third-order valence-electron chi connectivity index (χ3n) is 5.69. The van der Waals surface area contributed by atoms with E-state index in [1.807, 2.05) is 34.1 Å². The van der Waals surface area contributed by atoms with Crippen LogP contribution < -0.4 is 4.74 Å². The Bertz CT molecular complexity index is 832. The molecule has 0 aliphatic carbocycles. The zero-order valence-corrected chi connectivity index (χ0v) is 16.2. The minimum Gasteiger partial charge on any atom is -0.497 e. The lowest BCUT2D eigenvalue weighted by Gasteiger charge is -2.32. The molecule has 0 radical (unpaired) electrons. The Morgan fingerprint density at radius 1 is 0.964 bits per heavy atom. The maximum absolute atomic E-state index is 12.8. The van der Waals surface area contributed by atoms with Crippen LogP contribution in [0.25, 0.3) is 5.69 Å². The summed E-state index contributed by atoms with van der Waals surface area (Å²) < 4.78 is 6.86. The molecule has 0 unspecified atom stereocenters. The number of aromatic nitrogens is 2. The lowest BCUT2D eigenvalue weighted by Crippen LogP contribution is -2.43. The van der Waals surface area contributed by atoms with Crippen LogP contribution in [0.4, 0.5) is 0 Å². The van der Waals surface area contributed by atoms with Gasteiger partial charge in [0.1, 0.15) is 5.75 Å². The third kappa shape index (κ3) is 3.74. The van der Waals surface area contributed by atoms with Gasteiger partial charge in [-0.3, -0.25) is 9.59 Å². The van der Waals surface area contributed by atoms with Gasteiger partial charge >= 0.3 is 0 Å². The summed E-state index contributed by atoms with van der Waals surface area (Å²) >= 11 is 0. The molecule has 2 aliphatic heterocycles. The Labute approximate surface area is 164 Å². The van der Waals surface area contributed by atoms with Gasteiger partial charge in [-0.05, 0) is 56.0 Å². The number of carbonyl (C=O) groups is 2. The van der Waals surface area contributed by atoms with Gasteiger partial charge in [-0.1, -0.05) is 0 Å². The van der Waals surface area contributed by atoms with Crippen molar-refractivity contribution in [1.29, 1.82) is 0 Å². The molecule has 3 heterocycles. The summed E-state index contributed by atoms with van der Waals surface area (Å²) in [4.78, 5) is 29.2. The van der Waals surface area contributed by atoms with Crippen LogP contribution in [0, 0.1) is 5.92 Å². The zero-order valence-electron chi connectivity index (χ0n) is 16.2. The minimum absolute atomic E-state index is 0.0546. The number of amides is 2. The number of likely N-dealkylation sites (tertiary alicyclic amines) is 2. The van der Waals surface area contributed by atoms with Gasteiger partial charge in [0.15, 0.2) is 5.69 Å². The Kier molecular flexibility index (Phi) is 5.32. The fourth-order valence-corrected chi connectivity index (χ4v) is 4.00. The number of rotatable bonds is 4. The first-order valence-electron chi connectivity index (χ1n) is 9.94. The van der Waals surface area contributed by atoms with Gasteiger partial charge in [0.2, 0.25) is 5.91 Å². The van der Waals surface area contributed by atoms with E-state index in [0.29, 0.717) is 18.8 Å². The molecule has 0 saturated carbocycles. The molecule has 4 rings (SSSR count). The number of ether oxygens (including phenoxy) is 1. The maximum Gasteiger partial charge on any atom is 0.274 e. The lowest BCUT2D eigenvalue weighted by molar-refractivity contribution is -0.135. The molecule has 0 spiro atoms. The predicted molar refractivity (Wildman–Crippen MR) is 105 cm³/mol. The molecule has 1 aromatic heterocycles. The van der Waals surface area contributed by atoms with E-state index in [1.165, 1.54) is 0 Å². The van der Waals surface area contributed by atoms with Gasteiger partial charge in [0.05, 0.1) is 12.8 Å². The number of carbonyl (C=O) groups excluding carboxylic acids is 2.